The van der Waals surface area contributed by atoms with Gasteiger partial charge in [0, 0.05) is 23.7 Å². The predicted octanol–water partition coefficient (Wildman–Crippen LogP) is 1.92. The standard InChI is InChI=1S/C16H24ClN3O2/c1-4-20(5-2)11-10-18-15(21)12(3)19-16(22)13-6-8-14(17)9-7-13/h6-9,12H,4-5,10-11H2,1-3H3,(H,18,21)(H,19,22). The summed E-state index contributed by atoms with van der Waals surface area (Å²) in [5.74, 6) is -0.475. The van der Waals surface area contributed by atoms with Crippen molar-refractivity contribution in [1.82, 2.24) is 15.5 Å². The summed E-state index contributed by atoms with van der Waals surface area (Å²) >= 11 is 5.78. The maximum absolute atomic E-state index is 12.0. The van der Waals surface area contributed by atoms with Crippen LogP contribution in [0, 0.1) is 0 Å². The van der Waals surface area contributed by atoms with Gasteiger partial charge < -0.3 is 15.5 Å². The Kier molecular flexibility index (Phi) is 7.91. The van der Waals surface area contributed by atoms with Crippen molar-refractivity contribution in [3.8, 4) is 0 Å². The van der Waals surface area contributed by atoms with Gasteiger partial charge in [-0.15, -0.1) is 0 Å². The fourth-order valence-corrected chi connectivity index (χ4v) is 2.10. The van der Waals surface area contributed by atoms with Gasteiger partial charge in [-0.3, -0.25) is 9.59 Å². The molecule has 0 radical (unpaired) electrons. The second-order valence-corrected chi connectivity index (χ2v) is 5.46. The number of amides is 2. The van der Waals surface area contributed by atoms with Crippen molar-refractivity contribution in [1.29, 1.82) is 0 Å². The second kappa shape index (κ2) is 9.43. The van der Waals surface area contributed by atoms with Crippen molar-refractivity contribution in [3.05, 3.63) is 34.9 Å². The zero-order valence-electron chi connectivity index (χ0n) is 13.4. The van der Waals surface area contributed by atoms with Crippen LogP contribution in [0.5, 0.6) is 0 Å². The average Bonchev–Trinajstić information content (AvgIpc) is 2.51. The molecule has 0 aromatic heterocycles. The van der Waals surface area contributed by atoms with Crippen LogP contribution in [0.2, 0.25) is 5.02 Å². The topological polar surface area (TPSA) is 61.4 Å². The first-order chi connectivity index (χ1) is 10.5. The summed E-state index contributed by atoms with van der Waals surface area (Å²) in [5, 5.41) is 6.07. The van der Waals surface area contributed by atoms with E-state index in [1.807, 2.05) is 0 Å². The Hall–Kier alpha value is -1.59. The van der Waals surface area contributed by atoms with Crippen LogP contribution in [0.15, 0.2) is 24.3 Å². The SMILES string of the molecule is CCN(CC)CCNC(=O)C(C)NC(=O)c1ccc(Cl)cc1. The number of hydrogen-bond acceptors (Lipinski definition) is 3. The number of nitrogens with zero attached hydrogens (tertiary/aromatic N) is 1. The summed E-state index contributed by atoms with van der Waals surface area (Å²) in [6.07, 6.45) is 0. The van der Waals surface area contributed by atoms with Crippen molar-refractivity contribution in [3.63, 3.8) is 0 Å². The fourth-order valence-electron chi connectivity index (χ4n) is 1.98. The van der Waals surface area contributed by atoms with E-state index in [1.165, 1.54) is 0 Å². The van der Waals surface area contributed by atoms with E-state index in [2.05, 4.69) is 29.4 Å². The molecule has 2 N–H and O–H groups in total. The number of halogens is 1. The molecule has 0 saturated heterocycles. The highest BCUT2D eigenvalue weighted by Gasteiger charge is 2.16. The van der Waals surface area contributed by atoms with Gasteiger partial charge in [0.1, 0.15) is 6.04 Å². The summed E-state index contributed by atoms with van der Waals surface area (Å²) < 4.78 is 0. The van der Waals surface area contributed by atoms with Gasteiger partial charge in [0.2, 0.25) is 5.91 Å². The molecule has 0 aliphatic carbocycles. The number of likely N-dealkylation sites (N-methyl/N-ethyl adjacent to an activating group) is 1. The van der Waals surface area contributed by atoms with E-state index in [9.17, 15) is 9.59 Å². The lowest BCUT2D eigenvalue weighted by atomic mass is 10.2. The van der Waals surface area contributed by atoms with Gasteiger partial charge in [0.05, 0.1) is 0 Å². The van der Waals surface area contributed by atoms with E-state index in [0.717, 1.165) is 19.6 Å². The van der Waals surface area contributed by atoms with Crippen LogP contribution in [0.4, 0.5) is 0 Å². The maximum Gasteiger partial charge on any atom is 0.251 e. The molecule has 0 fully saturated rings. The zero-order chi connectivity index (χ0) is 16.5. The lowest BCUT2D eigenvalue weighted by Crippen LogP contribution is -2.46. The first kappa shape index (κ1) is 18.5. The molecule has 0 spiro atoms. The van der Waals surface area contributed by atoms with Gasteiger partial charge in [-0.1, -0.05) is 25.4 Å². The van der Waals surface area contributed by atoms with E-state index in [1.54, 1.807) is 31.2 Å². The van der Waals surface area contributed by atoms with Crippen molar-refractivity contribution in [2.45, 2.75) is 26.8 Å². The minimum Gasteiger partial charge on any atom is -0.353 e. The molecule has 0 saturated carbocycles. The first-order valence-electron chi connectivity index (χ1n) is 7.54. The van der Waals surface area contributed by atoms with E-state index < -0.39 is 6.04 Å². The Bertz CT molecular complexity index is 487. The molecular weight excluding hydrogens is 302 g/mol. The number of carbonyl (C=O) groups is 2. The quantitative estimate of drug-likeness (QED) is 0.767. The van der Waals surface area contributed by atoms with Gasteiger partial charge in [-0.2, -0.15) is 0 Å². The molecular formula is C16H24ClN3O2. The predicted molar refractivity (Wildman–Crippen MR) is 89.2 cm³/mol. The van der Waals surface area contributed by atoms with Gasteiger partial charge in [0.25, 0.3) is 5.91 Å². The first-order valence-corrected chi connectivity index (χ1v) is 7.92. The number of rotatable bonds is 8. The van der Waals surface area contributed by atoms with Crippen molar-refractivity contribution < 1.29 is 9.59 Å². The van der Waals surface area contributed by atoms with Gasteiger partial charge >= 0.3 is 0 Å². The highest BCUT2D eigenvalue weighted by molar-refractivity contribution is 6.30. The summed E-state index contributed by atoms with van der Waals surface area (Å²) in [4.78, 5) is 26.2. The summed E-state index contributed by atoms with van der Waals surface area (Å²) in [7, 11) is 0. The molecule has 1 atom stereocenters. The Balaban J connectivity index is 2.40. The van der Waals surface area contributed by atoms with Crippen LogP contribution < -0.4 is 10.6 Å². The molecule has 0 bridgehead atoms. The molecule has 1 unspecified atom stereocenters. The highest BCUT2D eigenvalue weighted by atomic mass is 35.5. The molecule has 0 aliphatic heterocycles. The van der Waals surface area contributed by atoms with Crippen LogP contribution >= 0.6 is 11.6 Å². The second-order valence-electron chi connectivity index (χ2n) is 5.02. The van der Waals surface area contributed by atoms with E-state index in [-0.39, 0.29) is 11.8 Å². The molecule has 2 amide bonds. The lowest BCUT2D eigenvalue weighted by molar-refractivity contribution is -0.122. The van der Waals surface area contributed by atoms with Gasteiger partial charge in [0.15, 0.2) is 0 Å². The molecule has 6 heteroatoms. The van der Waals surface area contributed by atoms with Gasteiger partial charge in [-0.05, 0) is 44.3 Å². The smallest absolute Gasteiger partial charge is 0.251 e. The average molecular weight is 326 g/mol. The van der Waals surface area contributed by atoms with Crippen LogP contribution in [-0.4, -0.2) is 48.9 Å². The van der Waals surface area contributed by atoms with Crippen LogP contribution in [-0.2, 0) is 4.79 Å². The van der Waals surface area contributed by atoms with Crippen molar-refractivity contribution in [2.75, 3.05) is 26.2 Å². The van der Waals surface area contributed by atoms with Crippen molar-refractivity contribution in [2.24, 2.45) is 0 Å². The van der Waals surface area contributed by atoms with Crippen LogP contribution in [0.1, 0.15) is 31.1 Å². The number of nitrogens with one attached hydrogen (secondary N) is 2. The monoisotopic (exact) mass is 325 g/mol. The molecule has 1 aromatic carbocycles. The third-order valence-electron chi connectivity index (χ3n) is 3.47. The molecule has 0 aliphatic rings. The molecule has 122 valence electrons. The Morgan fingerprint density at radius 3 is 2.32 bits per heavy atom. The number of carbonyl (C=O) groups excluding carboxylic acids is 2. The van der Waals surface area contributed by atoms with E-state index >= 15 is 0 Å². The van der Waals surface area contributed by atoms with E-state index in [4.69, 9.17) is 11.6 Å². The molecule has 1 aromatic rings. The molecule has 22 heavy (non-hydrogen) atoms. The number of benzene rings is 1. The number of hydrogen-bond donors (Lipinski definition) is 2. The highest BCUT2D eigenvalue weighted by Crippen LogP contribution is 2.09. The summed E-state index contributed by atoms with van der Waals surface area (Å²) in [6.45, 7) is 9.11. The fraction of sp³-hybridized carbons (Fsp3) is 0.500. The molecule has 0 heterocycles. The zero-order valence-corrected chi connectivity index (χ0v) is 14.1. The maximum atomic E-state index is 12.0. The Labute approximate surface area is 137 Å². The normalized spacial score (nSPS) is 12.0. The third kappa shape index (κ3) is 6.03. The largest absolute Gasteiger partial charge is 0.353 e. The van der Waals surface area contributed by atoms with Crippen molar-refractivity contribution >= 4 is 23.4 Å². The Morgan fingerprint density at radius 2 is 1.77 bits per heavy atom. The lowest BCUT2D eigenvalue weighted by Gasteiger charge is -2.19. The third-order valence-corrected chi connectivity index (χ3v) is 3.72. The minimum atomic E-state index is -0.583. The minimum absolute atomic E-state index is 0.186. The van der Waals surface area contributed by atoms with Crippen LogP contribution in [0.3, 0.4) is 0 Å². The summed E-state index contributed by atoms with van der Waals surface area (Å²) in [5.41, 5.74) is 0.479. The van der Waals surface area contributed by atoms with Crippen LogP contribution in [0.25, 0.3) is 0 Å². The van der Waals surface area contributed by atoms with Gasteiger partial charge in [-0.25, -0.2) is 0 Å². The Morgan fingerprint density at radius 1 is 1.18 bits per heavy atom. The molecule has 5 nitrogen and oxygen atoms in total. The molecule has 1 rings (SSSR count). The summed E-state index contributed by atoms with van der Waals surface area (Å²) in [6, 6.07) is 5.96. The van der Waals surface area contributed by atoms with E-state index in [0.29, 0.717) is 17.1 Å².